The number of anilines is 1. The van der Waals surface area contributed by atoms with Crippen LogP contribution in [0, 0.1) is 5.92 Å². The van der Waals surface area contributed by atoms with E-state index in [4.69, 9.17) is 0 Å². The van der Waals surface area contributed by atoms with E-state index in [9.17, 15) is 9.59 Å². The van der Waals surface area contributed by atoms with Crippen molar-refractivity contribution in [3.8, 4) is 0 Å². The predicted octanol–water partition coefficient (Wildman–Crippen LogP) is 2.03. The summed E-state index contributed by atoms with van der Waals surface area (Å²) in [5, 5.41) is 5.59. The Morgan fingerprint density at radius 2 is 1.71 bits per heavy atom. The van der Waals surface area contributed by atoms with Crippen LogP contribution in [0.2, 0.25) is 0 Å². The van der Waals surface area contributed by atoms with E-state index in [1.54, 1.807) is 12.1 Å². The maximum absolute atomic E-state index is 11.5. The smallest absolute Gasteiger partial charge is 0.259 e. The highest BCUT2D eigenvalue weighted by atomic mass is 16.2. The van der Waals surface area contributed by atoms with E-state index >= 15 is 0 Å². The summed E-state index contributed by atoms with van der Waals surface area (Å²) >= 11 is 0. The molecule has 4 heteroatoms. The van der Waals surface area contributed by atoms with Gasteiger partial charge in [-0.25, -0.2) is 0 Å². The van der Waals surface area contributed by atoms with E-state index < -0.39 is 0 Å². The van der Waals surface area contributed by atoms with Crippen LogP contribution in [0.1, 0.15) is 41.5 Å². The van der Waals surface area contributed by atoms with Gasteiger partial charge in [0.1, 0.15) is 0 Å². The normalized spacial score (nSPS) is 15.8. The molecule has 0 aliphatic carbocycles. The Bertz CT molecular complexity index is 480. The number of carbonyl (C=O) groups excluding carboxylic acids is 2. The van der Waals surface area contributed by atoms with Crippen molar-refractivity contribution in [3.63, 3.8) is 0 Å². The first-order valence-electron chi connectivity index (χ1n) is 5.75. The van der Waals surface area contributed by atoms with E-state index in [1.165, 1.54) is 0 Å². The first-order valence-corrected chi connectivity index (χ1v) is 5.75. The Morgan fingerprint density at radius 3 is 2.35 bits per heavy atom. The van der Waals surface area contributed by atoms with Crippen molar-refractivity contribution in [1.29, 1.82) is 0 Å². The van der Waals surface area contributed by atoms with Crippen molar-refractivity contribution in [3.05, 3.63) is 29.3 Å². The number of fused-ring (bicyclic) bond motifs is 1. The number of benzene rings is 1. The summed E-state index contributed by atoms with van der Waals surface area (Å²) in [4.78, 5) is 22.9. The largest absolute Gasteiger partial charge is 0.382 e. The summed E-state index contributed by atoms with van der Waals surface area (Å²) in [6.07, 6.45) is 0. The molecule has 4 nitrogen and oxygen atoms in total. The van der Waals surface area contributed by atoms with Gasteiger partial charge in [0.05, 0.1) is 11.1 Å². The second kappa shape index (κ2) is 4.20. The van der Waals surface area contributed by atoms with Gasteiger partial charge in [-0.3, -0.25) is 14.9 Å². The Kier molecular flexibility index (Phi) is 2.88. The number of carbonyl (C=O) groups is 2. The van der Waals surface area contributed by atoms with Crippen molar-refractivity contribution in [2.75, 3.05) is 5.32 Å². The Labute approximate surface area is 100 Å². The summed E-state index contributed by atoms with van der Waals surface area (Å²) in [5.74, 6) is -0.127. The Balaban J connectivity index is 2.26. The first kappa shape index (κ1) is 11.6. The van der Waals surface area contributed by atoms with Gasteiger partial charge in [0.15, 0.2) is 0 Å². The molecule has 0 fully saturated rings. The number of hydrogen-bond donors (Lipinski definition) is 2. The molecule has 1 aromatic carbocycles. The standard InChI is InChI=1S/C13H16N2O2/c1-7(2)8(3)14-9-4-5-10-11(6-9)13(17)15-12(10)16/h4-8,14H,1-3H3,(H,15,16,17). The molecule has 0 bridgehead atoms. The maximum Gasteiger partial charge on any atom is 0.259 e. The highest BCUT2D eigenvalue weighted by molar-refractivity contribution is 6.21. The molecule has 1 unspecified atom stereocenters. The van der Waals surface area contributed by atoms with Gasteiger partial charge in [0.2, 0.25) is 0 Å². The number of hydrogen-bond acceptors (Lipinski definition) is 3. The molecule has 2 amide bonds. The van der Waals surface area contributed by atoms with Gasteiger partial charge >= 0.3 is 0 Å². The van der Waals surface area contributed by atoms with Gasteiger partial charge in [0, 0.05) is 11.7 Å². The summed E-state index contributed by atoms with van der Waals surface area (Å²) in [6.45, 7) is 6.34. The lowest BCUT2D eigenvalue weighted by Crippen LogP contribution is -2.21. The highest BCUT2D eigenvalue weighted by Gasteiger charge is 2.26. The van der Waals surface area contributed by atoms with Crippen molar-refractivity contribution >= 4 is 17.5 Å². The van der Waals surface area contributed by atoms with Crippen LogP contribution in [-0.2, 0) is 0 Å². The second-order valence-electron chi connectivity index (χ2n) is 4.72. The van der Waals surface area contributed by atoms with Crippen LogP contribution in [0.5, 0.6) is 0 Å². The zero-order valence-corrected chi connectivity index (χ0v) is 10.2. The molecular formula is C13H16N2O2. The molecule has 1 atom stereocenters. The summed E-state index contributed by atoms with van der Waals surface area (Å²) in [7, 11) is 0. The highest BCUT2D eigenvalue weighted by Crippen LogP contribution is 2.21. The van der Waals surface area contributed by atoms with Crippen molar-refractivity contribution < 1.29 is 9.59 Å². The van der Waals surface area contributed by atoms with Crippen LogP contribution in [-0.4, -0.2) is 17.9 Å². The zero-order chi connectivity index (χ0) is 12.6. The van der Waals surface area contributed by atoms with E-state index in [-0.39, 0.29) is 11.8 Å². The van der Waals surface area contributed by atoms with Crippen LogP contribution in [0.3, 0.4) is 0 Å². The molecule has 1 heterocycles. The molecule has 0 aromatic heterocycles. The molecule has 17 heavy (non-hydrogen) atoms. The molecular weight excluding hydrogens is 216 g/mol. The third kappa shape index (κ3) is 2.16. The molecule has 0 radical (unpaired) electrons. The average Bonchev–Trinajstić information content (AvgIpc) is 2.54. The van der Waals surface area contributed by atoms with E-state index in [0.717, 1.165) is 5.69 Å². The third-order valence-corrected chi connectivity index (χ3v) is 3.13. The third-order valence-electron chi connectivity index (χ3n) is 3.13. The minimum atomic E-state index is -0.314. The molecule has 1 aromatic rings. The van der Waals surface area contributed by atoms with Gasteiger partial charge in [-0.05, 0) is 31.0 Å². The molecule has 0 saturated carbocycles. The van der Waals surface area contributed by atoms with E-state index in [0.29, 0.717) is 23.1 Å². The molecule has 2 rings (SSSR count). The molecule has 90 valence electrons. The first-order chi connectivity index (χ1) is 7.99. The van der Waals surface area contributed by atoms with Crippen LogP contribution in [0.4, 0.5) is 5.69 Å². The van der Waals surface area contributed by atoms with Gasteiger partial charge in [0.25, 0.3) is 11.8 Å². The van der Waals surface area contributed by atoms with Crippen LogP contribution in [0.25, 0.3) is 0 Å². The lowest BCUT2D eigenvalue weighted by atomic mass is 10.0. The van der Waals surface area contributed by atoms with Gasteiger partial charge < -0.3 is 5.32 Å². The quantitative estimate of drug-likeness (QED) is 0.784. The van der Waals surface area contributed by atoms with Crippen molar-refractivity contribution in [1.82, 2.24) is 5.32 Å². The van der Waals surface area contributed by atoms with Gasteiger partial charge in [-0.1, -0.05) is 13.8 Å². The minimum Gasteiger partial charge on any atom is -0.382 e. The van der Waals surface area contributed by atoms with Crippen LogP contribution in [0.15, 0.2) is 18.2 Å². The van der Waals surface area contributed by atoms with Gasteiger partial charge in [-0.15, -0.1) is 0 Å². The summed E-state index contributed by atoms with van der Waals surface area (Å²) < 4.78 is 0. The second-order valence-corrected chi connectivity index (χ2v) is 4.72. The number of amides is 2. The lowest BCUT2D eigenvalue weighted by Gasteiger charge is -2.19. The SMILES string of the molecule is CC(C)C(C)Nc1ccc2c(c1)C(=O)NC2=O. The number of nitrogens with one attached hydrogen (secondary N) is 2. The van der Waals surface area contributed by atoms with Gasteiger partial charge in [-0.2, -0.15) is 0 Å². The number of imide groups is 1. The fourth-order valence-electron chi connectivity index (χ4n) is 1.69. The van der Waals surface area contributed by atoms with E-state index in [1.807, 2.05) is 6.07 Å². The molecule has 1 aliphatic rings. The fraction of sp³-hybridized carbons (Fsp3) is 0.385. The monoisotopic (exact) mass is 232 g/mol. The summed E-state index contributed by atoms with van der Waals surface area (Å²) in [5.41, 5.74) is 1.78. The predicted molar refractivity (Wildman–Crippen MR) is 66.2 cm³/mol. The topological polar surface area (TPSA) is 58.2 Å². The van der Waals surface area contributed by atoms with Crippen molar-refractivity contribution in [2.45, 2.75) is 26.8 Å². The maximum atomic E-state index is 11.5. The van der Waals surface area contributed by atoms with E-state index in [2.05, 4.69) is 31.4 Å². The average molecular weight is 232 g/mol. The molecule has 0 spiro atoms. The molecule has 2 N–H and O–H groups in total. The van der Waals surface area contributed by atoms with Crippen LogP contribution >= 0.6 is 0 Å². The molecule has 1 aliphatic heterocycles. The van der Waals surface area contributed by atoms with Crippen LogP contribution < -0.4 is 10.6 Å². The Morgan fingerprint density at radius 1 is 1.06 bits per heavy atom. The van der Waals surface area contributed by atoms with Crippen molar-refractivity contribution in [2.24, 2.45) is 5.92 Å². The fourth-order valence-corrected chi connectivity index (χ4v) is 1.69. The lowest BCUT2D eigenvalue weighted by molar-refractivity contribution is 0.0879. The number of rotatable bonds is 3. The minimum absolute atomic E-state index is 0.312. The Hall–Kier alpha value is -1.84. The molecule has 0 saturated heterocycles. The zero-order valence-electron chi connectivity index (χ0n) is 10.2. The summed E-state index contributed by atoms with van der Waals surface area (Å²) in [6, 6.07) is 5.56.